The van der Waals surface area contributed by atoms with Crippen LogP contribution in [0.15, 0.2) is 24.3 Å². The summed E-state index contributed by atoms with van der Waals surface area (Å²) in [5, 5.41) is 6.39. The molecule has 0 radical (unpaired) electrons. The molecule has 0 bridgehead atoms. The fourth-order valence-electron chi connectivity index (χ4n) is 3.73. The van der Waals surface area contributed by atoms with Gasteiger partial charge < -0.3 is 20.1 Å². The molecule has 25 heavy (non-hydrogen) atoms. The van der Waals surface area contributed by atoms with Crippen molar-refractivity contribution in [1.82, 2.24) is 5.32 Å². The van der Waals surface area contributed by atoms with Gasteiger partial charge >= 0.3 is 0 Å². The Hall–Kier alpha value is -1.30. The molecule has 140 valence electrons. The zero-order valence-corrected chi connectivity index (χ0v) is 15.7. The summed E-state index contributed by atoms with van der Waals surface area (Å²) < 4.78 is 11.4. The number of carbonyl (C=O) groups excluding carboxylic acids is 1. The Morgan fingerprint density at radius 3 is 2.68 bits per heavy atom. The minimum absolute atomic E-state index is 0. The summed E-state index contributed by atoms with van der Waals surface area (Å²) in [6.45, 7) is 2.15. The van der Waals surface area contributed by atoms with Crippen LogP contribution in [-0.4, -0.2) is 38.8 Å². The number of carbonyl (C=O) groups is 1. The molecule has 1 aromatic rings. The summed E-state index contributed by atoms with van der Waals surface area (Å²) >= 11 is 0. The van der Waals surface area contributed by atoms with E-state index in [1.54, 1.807) is 7.11 Å². The van der Waals surface area contributed by atoms with Crippen molar-refractivity contribution in [2.45, 2.75) is 44.6 Å². The summed E-state index contributed by atoms with van der Waals surface area (Å²) in [7, 11) is 1.66. The minimum atomic E-state index is -0.442. The van der Waals surface area contributed by atoms with Gasteiger partial charge in [-0.3, -0.25) is 4.79 Å². The molecular formula is C19H29ClN2O3. The molecule has 0 aromatic heterocycles. The molecule has 2 N–H and O–H groups in total. The summed E-state index contributed by atoms with van der Waals surface area (Å²) in [6.07, 6.45) is 6.65. The van der Waals surface area contributed by atoms with E-state index in [0.29, 0.717) is 12.7 Å². The van der Waals surface area contributed by atoms with Gasteiger partial charge in [-0.2, -0.15) is 0 Å². The first-order valence-electron chi connectivity index (χ1n) is 9.00. The highest BCUT2D eigenvalue weighted by atomic mass is 35.5. The third-order valence-corrected chi connectivity index (χ3v) is 5.16. The minimum Gasteiger partial charge on any atom is -0.490 e. The molecule has 2 fully saturated rings. The van der Waals surface area contributed by atoms with Crippen LogP contribution in [0.1, 0.15) is 38.5 Å². The van der Waals surface area contributed by atoms with E-state index in [9.17, 15) is 4.79 Å². The van der Waals surface area contributed by atoms with Gasteiger partial charge in [0.2, 0.25) is 5.91 Å². The van der Waals surface area contributed by atoms with Crippen LogP contribution in [0.2, 0.25) is 0 Å². The smallest absolute Gasteiger partial charge is 0.233 e. The van der Waals surface area contributed by atoms with E-state index in [-0.39, 0.29) is 18.3 Å². The van der Waals surface area contributed by atoms with E-state index >= 15 is 0 Å². The van der Waals surface area contributed by atoms with E-state index < -0.39 is 5.41 Å². The summed E-state index contributed by atoms with van der Waals surface area (Å²) in [5.74, 6) is 0.884. The van der Waals surface area contributed by atoms with Crippen molar-refractivity contribution in [3.8, 4) is 5.75 Å². The molecule has 1 saturated carbocycles. The highest BCUT2D eigenvalue weighted by Crippen LogP contribution is 2.32. The number of benzene rings is 1. The van der Waals surface area contributed by atoms with Crippen molar-refractivity contribution >= 4 is 24.0 Å². The molecule has 1 aliphatic carbocycles. The largest absolute Gasteiger partial charge is 0.490 e. The Kier molecular flexibility index (Phi) is 7.54. The molecule has 5 nitrogen and oxygen atoms in total. The number of hydrogen-bond acceptors (Lipinski definition) is 4. The van der Waals surface area contributed by atoms with Crippen LogP contribution in [0.5, 0.6) is 5.75 Å². The standard InChI is InChI=1S/C19H28N2O3.ClH/c1-23-14-19(9-11-20-12-10-19)18(22)21-15-5-4-8-17(13-15)24-16-6-2-3-7-16;/h4-5,8,13,16,20H,2-3,6-7,9-12,14H2,1H3,(H,21,22);1H. The zero-order chi connectivity index (χ0) is 16.8. The number of amides is 1. The van der Waals surface area contributed by atoms with Crippen molar-refractivity contribution in [3.63, 3.8) is 0 Å². The number of halogens is 1. The lowest BCUT2D eigenvalue weighted by Crippen LogP contribution is -2.47. The number of hydrogen-bond donors (Lipinski definition) is 2. The highest BCUT2D eigenvalue weighted by Gasteiger charge is 2.39. The zero-order valence-electron chi connectivity index (χ0n) is 14.9. The Labute approximate surface area is 156 Å². The summed E-state index contributed by atoms with van der Waals surface area (Å²) in [6, 6.07) is 7.74. The normalized spacial score (nSPS) is 19.9. The van der Waals surface area contributed by atoms with Crippen LogP contribution in [0.25, 0.3) is 0 Å². The Bertz CT molecular complexity index is 550. The predicted molar refractivity (Wildman–Crippen MR) is 102 cm³/mol. The Balaban J connectivity index is 0.00000225. The maximum Gasteiger partial charge on any atom is 0.233 e. The topological polar surface area (TPSA) is 59.6 Å². The molecule has 1 heterocycles. The van der Waals surface area contributed by atoms with E-state index in [4.69, 9.17) is 9.47 Å². The fraction of sp³-hybridized carbons (Fsp3) is 0.632. The summed E-state index contributed by atoms with van der Waals surface area (Å²) in [4.78, 5) is 12.9. The first-order chi connectivity index (χ1) is 11.7. The van der Waals surface area contributed by atoms with Gasteiger partial charge in [-0.1, -0.05) is 6.07 Å². The molecule has 0 spiro atoms. The number of piperidine rings is 1. The number of rotatable bonds is 6. The lowest BCUT2D eigenvalue weighted by atomic mass is 9.78. The van der Waals surface area contributed by atoms with Gasteiger partial charge in [0.15, 0.2) is 0 Å². The van der Waals surface area contributed by atoms with Crippen LogP contribution in [-0.2, 0) is 9.53 Å². The lowest BCUT2D eigenvalue weighted by molar-refractivity contribution is -0.130. The van der Waals surface area contributed by atoms with Gasteiger partial charge in [0, 0.05) is 18.9 Å². The average molecular weight is 369 g/mol. The van der Waals surface area contributed by atoms with E-state index in [0.717, 1.165) is 50.2 Å². The van der Waals surface area contributed by atoms with Crippen molar-refractivity contribution in [2.24, 2.45) is 5.41 Å². The molecular weight excluding hydrogens is 340 g/mol. The quantitative estimate of drug-likeness (QED) is 0.808. The second-order valence-electron chi connectivity index (χ2n) is 6.97. The van der Waals surface area contributed by atoms with E-state index in [2.05, 4.69) is 10.6 Å². The first-order valence-corrected chi connectivity index (χ1v) is 9.00. The second kappa shape index (κ2) is 9.41. The van der Waals surface area contributed by atoms with E-state index in [1.165, 1.54) is 12.8 Å². The molecule has 1 aromatic carbocycles. The van der Waals surface area contributed by atoms with Gasteiger partial charge in [0.05, 0.1) is 18.1 Å². The molecule has 1 saturated heterocycles. The number of nitrogens with one attached hydrogen (secondary N) is 2. The maximum atomic E-state index is 12.9. The monoisotopic (exact) mass is 368 g/mol. The third kappa shape index (κ3) is 5.09. The molecule has 2 aliphatic rings. The molecule has 1 amide bonds. The predicted octanol–water partition coefficient (Wildman–Crippen LogP) is 3.38. The number of anilines is 1. The van der Waals surface area contributed by atoms with Gasteiger partial charge in [-0.15, -0.1) is 12.4 Å². The summed E-state index contributed by atoms with van der Waals surface area (Å²) in [5.41, 5.74) is 0.354. The maximum absolute atomic E-state index is 12.9. The molecule has 1 aliphatic heterocycles. The van der Waals surface area contributed by atoms with Crippen molar-refractivity contribution < 1.29 is 14.3 Å². The number of ether oxygens (including phenoxy) is 2. The third-order valence-electron chi connectivity index (χ3n) is 5.16. The van der Waals surface area contributed by atoms with Gasteiger partial charge in [0.1, 0.15) is 5.75 Å². The van der Waals surface area contributed by atoms with Crippen LogP contribution in [0.3, 0.4) is 0 Å². The van der Waals surface area contributed by atoms with Crippen molar-refractivity contribution in [2.75, 3.05) is 32.1 Å². The molecule has 0 atom stereocenters. The molecule has 0 unspecified atom stereocenters. The van der Waals surface area contributed by atoms with E-state index in [1.807, 2.05) is 24.3 Å². The Morgan fingerprint density at radius 1 is 1.28 bits per heavy atom. The second-order valence-corrected chi connectivity index (χ2v) is 6.97. The Morgan fingerprint density at radius 2 is 2.00 bits per heavy atom. The lowest BCUT2D eigenvalue weighted by Gasteiger charge is -2.35. The van der Waals surface area contributed by atoms with Crippen molar-refractivity contribution in [1.29, 1.82) is 0 Å². The molecule has 6 heteroatoms. The van der Waals surface area contributed by atoms with Gasteiger partial charge in [-0.05, 0) is 63.7 Å². The van der Waals surface area contributed by atoms with Crippen LogP contribution >= 0.6 is 12.4 Å². The van der Waals surface area contributed by atoms with Crippen LogP contribution in [0.4, 0.5) is 5.69 Å². The first kappa shape index (κ1) is 20.0. The average Bonchev–Trinajstić information content (AvgIpc) is 3.09. The highest BCUT2D eigenvalue weighted by molar-refractivity contribution is 5.95. The fourth-order valence-corrected chi connectivity index (χ4v) is 3.73. The number of methoxy groups -OCH3 is 1. The van der Waals surface area contributed by atoms with Crippen LogP contribution in [0, 0.1) is 5.41 Å². The molecule has 3 rings (SSSR count). The van der Waals surface area contributed by atoms with Gasteiger partial charge in [-0.25, -0.2) is 0 Å². The van der Waals surface area contributed by atoms with Crippen LogP contribution < -0.4 is 15.4 Å². The SMILES string of the molecule is COCC1(C(=O)Nc2cccc(OC3CCCC3)c2)CCNCC1.Cl. The van der Waals surface area contributed by atoms with Crippen molar-refractivity contribution in [3.05, 3.63) is 24.3 Å². The van der Waals surface area contributed by atoms with Gasteiger partial charge in [0.25, 0.3) is 0 Å².